The maximum atomic E-state index is 5.83. The summed E-state index contributed by atoms with van der Waals surface area (Å²) >= 11 is 0. The molecule has 3 N–H and O–H groups in total. The molecule has 0 aliphatic carbocycles. The van der Waals surface area contributed by atoms with Gasteiger partial charge in [-0.2, -0.15) is 0 Å². The number of rotatable bonds is 1. The van der Waals surface area contributed by atoms with Gasteiger partial charge in [-0.05, 0) is 18.9 Å². The Labute approximate surface area is 69.0 Å². The Morgan fingerprint density at radius 2 is 2.30 bits per heavy atom. The molecule has 1 saturated heterocycles. The molecular formula is C7H17ClN2. The first-order valence-corrected chi connectivity index (χ1v) is 3.81. The number of nitrogens with two attached hydrogens (primary N) is 1. The van der Waals surface area contributed by atoms with Crippen LogP contribution >= 0.6 is 12.4 Å². The molecule has 1 aliphatic heterocycles. The first-order valence-electron chi connectivity index (χ1n) is 3.81. The van der Waals surface area contributed by atoms with E-state index in [0.29, 0.717) is 6.04 Å². The second-order valence-corrected chi connectivity index (χ2v) is 2.82. The minimum atomic E-state index is 0. The van der Waals surface area contributed by atoms with Gasteiger partial charge in [0.15, 0.2) is 0 Å². The van der Waals surface area contributed by atoms with E-state index in [2.05, 4.69) is 12.2 Å². The van der Waals surface area contributed by atoms with Crippen molar-refractivity contribution in [2.24, 2.45) is 11.7 Å². The summed E-state index contributed by atoms with van der Waals surface area (Å²) in [6.45, 7) is 4.39. The molecule has 0 saturated carbocycles. The van der Waals surface area contributed by atoms with E-state index in [4.69, 9.17) is 5.73 Å². The maximum absolute atomic E-state index is 5.83. The number of piperidine rings is 1. The number of halogens is 1. The summed E-state index contributed by atoms with van der Waals surface area (Å²) < 4.78 is 0. The van der Waals surface area contributed by atoms with Crippen LogP contribution in [0.3, 0.4) is 0 Å². The molecule has 0 spiro atoms. The Bertz CT molecular complexity index is 87.7. The number of hydrogen-bond acceptors (Lipinski definition) is 2. The SMILES string of the molecule is CC[C@@H]1CCNC[C@H]1N.Cl. The molecule has 62 valence electrons. The fraction of sp³-hybridized carbons (Fsp3) is 1.00. The van der Waals surface area contributed by atoms with Crippen molar-refractivity contribution in [1.29, 1.82) is 0 Å². The fourth-order valence-corrected chi connectivity index (χ4v) is 1.44. The second kappa shape index (κ2) is 4.94. The van der Waals surface area contributed by atoms with E-state index in [1.54, 1.807) is 0 Å². The van der Waals surface area contributed by atoms with Gasteiger partial charge in [-0.15, -0.1) is 12.4 Å². The molecule has 0 aromatic rings. The molecule has 1 heterocycles. The normalized spacial score (nSPS) is 33.0. The van der Waals surface area contributed by atoms with Gasteiger partial charge in [-0.3, -0.25) is 0 Å². The van der Waals surface area contributed by atoms with Crippen molar-refractivity contribution in [3.05, 3.63) is 0 Å². The van der Waals surface area contributed by atoms with Gasteiger partial charge in [-0.1, -0.05) is 13.3 Å². The van der Waals surface area contributed by atoms with Gasteiger partial charge < -0.3 is 11.1 Å². The minimum absolute atomic E-state index is 0. The highest BCUT2D eigenvalue weighted by molar-refractivity contribution is 5.85. The summed E-state index contributed by atoms with van der Waals surface area (Å²) in [6.07, 6.45) is 2.50. The number of nitrogens with one attached hydrogen (secondary N) is 1. The van der Waals surface area contributed by atoms with Crippen molar-refractivity contribution >= 4 is 12.4 Å². The molecule has 2 nitrogen and oxygen atoms in total. The molecule has 0 amide bonds. The van der Waals surface area contributed by atoms with Crippen LogP contribution in [0.4, 0.5) is 0 Å². The van der Waals surface area contributed by atoms with Crippen LogP contribution < -0.4 is 11.1 Å². The van der Waals surface area contributed by atoms with E-state index in [-0.39, 0.29) is 12.4 Å². The van der Waals surface area contributed by atoms with Crippen molar-refractivity contribution in [2.75, 3.05) is 13.1 Å². The predicted molar refractivity (Wildman–Crippen MR) is 46.5 cm³/mol. The second-order valence-electron chi connectivity index (χ2n) is 2.82. The van der Waals surface area contributed by atoms with Gasteiger partial charge in [-0.25, -0.2) is 0 Å². The molecule has 0 aromatic carbocycles. The monoisotopic (exact) mass is 164 g/mol. The van der Waals surface area contributed by atoms with Crippen LogP contribution in [0, 0.1) is 5.92 Å². The molecule has 1 rings (SSSR count). The summed E-state index contributed by atoms with van der Waals surface area (Å²) in [4.78, 5) is 0. The molecule has 0 bridgehead atoms. The highest BCUT2D eigenvalue weighted by atomic mass is 35.5. The van der Waals surface area contributed by atoms with Crippen molar-refractivity contribution in [3.63, 3.8) is 0 Å². The molecule has 1 aliphatic rings. The van der Waals surface area contributed by atoms with Gasteiger partial charge in [0.2, 0.25) is 0 Å². The largest absolute Gasteiger partial charge is 0.326 e. The molecule has 10 heavy (non-hydrogen) atoms. The third-order valence-corrected chi connectivity index (χ3v) is 2.20. The van der Waals surface area contributed by atoms with E-state index >= 15 is 0 Å². The Morgan fingerprint density at radius 3 is 2.70 bits per heavy atom. The Hall–Kier alpha value is 0.210. The predicted octanol–water partition coefficient (Wildman–Crippen LogP) is 0.755. The topological polar surface area (TPSA) is 38.0 Å². The highest BCUT2D eigenvalue weighted by Gasteiger charge is 2.18. The van der Waals surface area contributed by atoms with Gasteiger partial charge >= 0.3 is 0 Å². The minimum Gasteiger partial charge on any atom is -0.326 e. The molecule has 3 heteroatoms. The van der Waals surface area contributed by atoms with Crippen LogP contribution in [0.2, 0.25) is 0 Å². The fourth-order valence-electron chi connectivity index (χ4n) is 1.44. The van der Waals surface area contributed by atoms with Gasteiger partial charge in [0.25, 0.3) is 0 Å². The van der Waals surface area contributed by atoms with Crippen LogP contribution in [0.1, 0.15) is 19.8 Å². The first-order chi connectivity index (χ1) is 4.34. The lowest BCUT2D eigenvalue weighted by Gasteiger charge is -2.28. The van der Waals surface area contributed by atoms with E-state index in [1.165, 1.54) is 12.8 Å². The van der Waals surface area contributed by atoms with Gasteiger partial charge in [0, 0.05) is 12.6 Å². The summed E-state index contributed by atoms with van der Waals surface area (Å²) in [6, 6.07) is 0.406. The van der Waals surface area contributed by atoms with Crippen LogP contribution in [0.5, 0.6) is 0 Å². The van der Waals surface area contributed by atoms with E-state index < -0.39 is 0 Å². The summed E-state index contributed by atoms with van der Waals surface area (Å²) in [5.74, 6) is 0.770. The molecule has 0 radical (unpaired) electrons. The third-order valence-electron chi connectivity index (χ3n) is 2.20. The smallest absolute Gasteiger partial charge is 0.0194 e. The lowest BCUT2D eigenvalue weighted by molar-refractivity contribution is 0.316. The molecular weight excluding hydrogens is 148 g/mol. The Balaban J connectivity index is 0.000000810. The average molecular weight is 165 g/mol. The zero-order chi connectivity index (χ0) is 6.69. The Morgan fingerprint density at radius 1 is 1.60 bits per heavy atom. The van der Waals surface area contributed by atoms with Crippen LogP contribution in [0.15, 0.2) is 0 Å². The van der Waals surface area contributed by atoms with E-state index in [0.717, 1.165) is 19.0 Å². The van der Waals surface area contributed by atoms with Gasteiger partial charge in [0.1, 0.15) is 0 Å². The van der Waals surface area contributed by atoms with Crippen LogP contribution in [-0.4, -0.2) is 19.1 Å². The summed E-state index contributed by atoms with van der Waals surface area (Å²) in [7, 11) is 0. The average Bonchev–Trinajstić information content (AvgIpc) is 1.89. The van der Waals surface area contributed by atoms with Crippen LogP contribution in [0.25, 0.3) is 0 Å². The Kier molecular flexibility index (Phi) is 5.04. The molecule has 0 unspecified atom stereocenters. The quantitative estimate of drug-likeness (QED) is 0.601. The van der Waals surface area contributed by atoms with Crippen molar-refractivity contribution in [3.8, 4) is 0 Å². The number of hydrogen-bond donors (Lipinski definition) is 2. The van der Waals surface area contributed by atoms with Crippen molar-refractivity contribution in [1.82, 2.24) is 5.32 Å². The zero-order valence-corrected chi connectivity index (χ0v) is 7.29. The summed E-state index contributed by atoms with van der Waals surface area (Å²) in [5.41, 5.74) is 5.83. The first kappa shape index (κ1) is 10.2. The summed E-state index contributed by atoms with van der Waals surface area (Å²) in [5, 5.41) is 3.27. The lowest BCUT2D eigenvalue weighted by Crippen LogP contribution is -2.45. The van der Waals surface area contributed by atoms with Gasteiger partial charge in [0.05, 0.1) is 0 Å². The molecule has 2 atom stereocenters. The third kappa shape index (κ3) is 2.45. The molecule has 1 fully saturated rings. The van der Waals surface area contributed by atoms with Crippen molar-refractivity contribution < 1.29 is 0 Å². The van der Waals surface area contributed by atoms with Crippen LogP contribution in [-0.2, 0) is 0 Å². The standard InChI is InChI=1S/C7H16N2.ClH/c1-2-6-3-4-9-5-7(6)8;/h6-7,9H,2-5,8H2,1H3;1H/t6-,7-;/m1./s1. The molecule has 0 aromatic heterocycles. The van der Waals surface area contributed by atoms with Crippen molar-refractivity contribution in [2.45, 2.75) is 25.8 Å². The highest BCUT2D eigenvalue weighted by Crippen LogP contribution is 2.13. The lowest BCUT2D eigenvalue weighted by atomic mass is 9.91. The maximum Gasteiger partial charge on any atom is 0.0194 e. The van der Waals surface area contributed by atoms with E-state index in [1.807, 2.05) is 0 Å². The van der Waals surface area contributed by atoms with E-state index in [9.17, 15) is 0 Å². The zero-order valence-electron chi connectivity index (χ0n) is 6.47.